The Morgan fingerprint density at radius 1 is 1.24 bits per heavy atom. The largest absolute Gasteiger partial charge is 0.469 e. The zero-order valence-corrected chi connectivity index (χ0v) is 14.1. The molecule has 1 spiro atoms. The third-order valence-electron chi connectivity index (χ3n) is 5.41. The molecule has 3 atom stereocenters. The monoisotopic (exact) mass is 341 g/mol. The number of likely N-dealkylation sites (tertiary alicyclic amines) is 1. The molecule has 2 aromatic rings. The molecule has 0 unspecified atom stereocenters. The fourth-order valence-electron chi connectivity index (χ4n) is 3.98. The van der Waals surface area contributed by atoms with E-state index >= 15 is 0 Å². The molecule has 5 heteroatoms. The highest BCUT2D eigenvalue weighted by molar-refractivity contribution is 5.77. The third kappa shape index (κ3) is 3.22. The summed E-state index contributed by atoms with van der Waals surface area (Å²) >= 11 is 0. The first kappa shape index (κ1) is 16.4. The lowest BCUT2D eigenvalue weighted by molar-refractivity contribution is -0.131. The molecule has 2 aliphatic rings. The summed E-state index contributed by atoms with van der Waals surface area (Å²) in [5, 5.41) is 10.6. The first-order valence-electron chi connectivity index (χ1n) is 8.83. The molecule has 3 heterocycles. The molecular formula is C20H23NO4. The van der Waals surface area contributed by atoms with Crippen molar-refractivity contribution in [2.45, 2.75) is 36.9 Å². The first-order chi connectivity index (χ1) is 12.2. The van der Waals surface area contributed by atoms with Crippen LogP contribution >= 0.6 is 0 Å². The molecule has 1 aromatic heterocycles. The van der Waals surface area contributed by atoms with Gasteiger partial charge in [0.1, 0.15) is 17.5 Å². The maximum Gasteiger partial charge on any atom is 0.223 e. The van der Waals surface area contributed by atoms with Crippen LogP contribution in [0, 0.1) is 0 Å². The van der Waals surface area contributed by atoms with E-state index in [1.807, 2.05) is 30.3 Å². The van der Waals surface area contributed by atoms with Gasteiger partial charge in [0, 0.05) is 25.3 Å². The first-order valence-corrected chi connectivity index (χ1v) is 8.83. The van der Waals surface area contributed by atoms with Crippen molar-refractivity contribution in [3.8, 4) is 0 Å². The van der Waals surface area contributed by atoms with Gasteiger partial charge >= 0.3 is 0 Å². The van der Waals surface area contributed by atoms with Crippen LogP contribution in [0.1, 0.15) is 30.1 Å². The molecule has 25 heavy (non-hydrogen) atoms. The van der Waals surface area contributed by atoms with Gasteiger partial charge < -0.3 is 19.2 Å². The van der Waals surface area contributed by atoms with Crippen LogP contribution in [-0.2, 0) is 16.0 Å². The fourth-order valence-corrected chi connectivity index (χ4v) is 3.98. The van der Waals surface area contributed by atoms with Gasteiger partial charge in [0.2, 0.25) is 5.91 Å². The average Bonchev–Trinajstić information content (AvgIpc) is 3.36. The number of benzene rings is 1. The predicted molar refractivity (Wildman–Crippen MR) is 92.1 cm³/mol. The number of aryl methyl sites for hydroxylation is 1. The lowest BCUT2D eigenvalue weighted by Crippen LogP contribution is -2.41. The topological polar surface area (TPSA) is 62.9 Å². The molecule has 0 aliphatic carbocycles. The van der Waals surface area contributed by atoms with Gasteiger partial charge in [0.05, 0.1) is 19.4 Å². The summed E-state index contributed by atoms with van der Waals surface area (Å²) in [6.07, 6.45) is 2.70. The predicted octanol–water partition coefficient (Wildman–Crippen LogP) is 2.36. The van der Waals surface area contributed by atoms with E-state index < -0.39 is 11.7 Å². The second kappa shape index (κ2) is 6.65. The summed E-state index contributed by atoms with van der Waals surface area (Å²) in [5.74, 6) is 1.12. The van der Waals surface area contributed by atoms with Crippen LogP contribution in [0.2, 0.25) is 0 Å². The molecule has 2 saturated heterocycles. The quantitative estimate of drug-likeness (QED) is 0.927. The summed E-state index contributed by atoms with van der Waals surface area (Å²) in [5.41, 5.74) is 0.607. The van der Waals surface area contributed by atoms with Gasteiger partial charge in [-0.25, -0.2) is 0 Å². The number of nitrogens with zero attached hydrogens (tertiary/aromatic N) is 1. The molecule has 0 radical (unpaired) electrons. The minimum Gasteiger partial charge on any atom is -0.469 e. The Hall–Kier alpha value is -2.11. The van der Waals surface area contributed by atoms with Crippen molar-refractivity contribution in [1.82, 2.24) is 4.90 Å². The second-order valence-electron chi connectivity index (χ2n) is 7.06. The Balaban J connectivity index is 1.38. The second-order valence-corrected chi connectivity index (χ2v) is 7.06. The highest BCUT2D eigenvalue weighted by Crippen LogP contribution is 2.42. The number of rotatable bonds is 4. The molecule has 5 nitrogen and oxygen atoms in total. The van der Waals surface area contributed by atoms with Crippen LogP contribution in [-0.4, -0.2) is 47.3 Å². The number of carbonyl (C=O) groups excluding carboxylic acids is 1. The number of amides is 1. The van der Waals surface area contributed by atoms with E-state index in [-0.39, 0.29) is 11.8 Å². The Morgan fingerprint density at radius 2 is 2.08 bits per heavy atom. The zero-order chi connectivity index (χ0) is 17.3. The number of hydrogen-bond acceptors (Lipinski definition) is 4. The van der Waals surface area contributed by atoms with E-state index in [0.29, 0.717) is 32.5 Å². The van der Waals surface area contributed by atoms with Crippen molar-refractivity contribution in [2.24, 2.45) is 0 Å². The SMILES string of the molecule is O=C(CCc1ccco1)N1C[C@@H](O)[C@@]2(C[C@@H](c3ccccc3)CO2)C1. The molecule has 132 valence electrons. The Bertz CT molecular complexity index is 715. The summed E-state index contributed by atoms with van der Waals surface area (Å²) in [6.45, 7) is 1.41. The van der Waals surface area contributed by atoms with Crippen LogP contribution in [0.5, 0.6) is 0 Å². The molecular weight excluding hydrogens is 318 g/mol. The normalized spacial score (nSPS) is 28.8. The van der Waals surface area contributed by atoms with Gasteiger partial charge in [-0.1, -0.05) is 30.3 Å². The van der Waals surface area contributed by atoms with E-state index in [1.165, 1.54) is 5.56 Å². The summed E-state index contributed by atoms with van der Waals surface area (Å²) < 4.78 is 11.3. The summed E-state index contributed by atoms with van der Waals surface area (Å²) in [6, 6.07) is 13.9. The average molecular weight is 341 g/mol. The highest BCUT2D eigenvalue weighted by Gasteiger charge is 2.53. The van der Waals surface area contributed by atoms with Crippen molar-refractivity contribution in [2.75, 3.05) is 19.7 Å². The van der Waals surface area contributed by atoms with E-state index in [1.54, 1.807) is 11.2 Å². The van der Waals surface area contributed by atoms with Crippen molar-refractivity contribution >= 4 is 5.91 Å². The number of aliphatic hydroxyl groups excluding tert-OH is 1. The minimum absolute atomic E-state index is 0.0408. The number of aliphatic hydroxyl groups is 1. The van der Waals surface area contributed by atoms with Gasteiger partial charge in [-0.05, 0) is 24.1 Å². The van der Waals surface area contributed by atoms with Crippen molar-refractivity contribution in [3.63, 3.8) is 0 Å². The molecule has 1 amide bonds. The molecule has 0 bridgehead atoms. The smallest absolute Gasteiger partial charge is 0.223 e. The molecule has 2 fully saturated rings. The number of furan rings is 1. The van der Waals surface area contributed by atoms with E-state index in [0.717, 1.165) is 12.2 Å². The fraction of sp³-hybridized carbons (Fsp3) is 0.450. The molecule has 1 N–H and O–H groups in total. The summed E-state index contributed by atoms with van der Waals surface area (Å²) in [4.78, 5) is 14.2. The summed E-state index contributed by atoms with van der Waals surface area (Å²) in [7, 11) is 0. The Labute approximate surface area is 147 Å². The van der Waals surface area contributed by atoms with Gasteiger partial charge in [0.25, 0.3) is 0 Å². The van der Waals surface area contributed by atoms with Crippen LogP contribution in [0.4, 0.5) is 0 Å². The molecule has 0 saturated carbocycles. The van der Waals surface area contributed by atoms with Crippen LogP contribution in [0.3, 0.4) is 0 Å². The van der Waals surface area contributed by atoms with E-state index in [9.17, 15) is 9.90 Å². The van der Waals surface area contributed by atoms with Gasteiger partial charge in [-0.15, -0.1) is 0 Å². The van der Waals surface area contributed by atoms with Gasteiger partial charge in [0.15, 0.2) is 0 Å². The Morgan fingerprint density at radius 3 is 2.84 bits per heavy atom. The number of β-amino-alcohol motifs (C(OH)–C–C–N with tert-alkyl or cyclic N) is 1. The Kier molecular flexibility index (Phi) is 4.36. The van der Waals surface area contributed by atoms with Gasteiger partial charge in [-0.2, -0.15) is 0 Å². The zero-order valence-electron chi connectivity index (χ0n) is 14.1. The van der Waals surface area contributed by atoms with Crippen LogP contribution < -0.4 is 0 Å². The van der Waals surface area contributed by atoms with Gasteiger partial charge in [-0.3, -0.25) is 4.79 Å². The standard InChI is InChI=1S/C20H23NO4/c22-18-12-21(19(23)9-8-17-7-4-10-24-17)14-20(18)11-16(13-25-20)15-5-2-1-3-6-15/h1-7,10,16,18,22H,8-9,11-14H2/t16-,18-,20-/m1/s1. The lowest BCUT2D eigenvalue weighted by atomic mass is 9.87. The number of carbonyl (C=O) groups is 1. The molecule has 2 aliphatic heterocycles. The molecule has 4 rings (SSSR count). The van der Waals surface area contributed by atoms with Crippen LogP contribution in [0.15, 0.2) is 53.1 Å². The van der Waals surface area contributed by atoms with Crippen molar-refractivity contribution in [1.29, 1.82) is 0 Å². The number of hydrogen-bond donors (Lipinski definition) is 1. The maximum absolute atomic E-state index is 12.5. The van der Waals surface area contributed by atoms with Crippen LogP contribution in [0.25, 0.3) is 0 Å². The third-order valence-corrected chi connectivity index (χ3v) is 5.41. The lowest BCUT2D eigenvalue weighted by Gasteiger charge is -2.26. The maximum atomic E-state index is 12.5. The van der Waals surface area contributed by atoms with Crippen molar-refractivity contribution in [3.05, 3.63) is 60.1 Å². The number of ether oxygens (including phenoxy) is 1. The van der Waals surface area contributed by atoms with E-state index in [2.05, 4.69) is 12.1 Å². The molecule has 1 aromatic carbocycles. The van der Waals surface area contributed by atoms with E-state index in [4.69, 9.17) is 9.15 Å². The highest BCUT2D eigenvalue weighted by atomic mass is 16.5. The minimum atomic E-state index is -0.631. The van der Waals surface area contributed by atoms with Crippen molar-refractivity contribution < 1.29 is 19.1 Å².